The van der Waals surface area contributed by atoms with E-state index in [0.29, 0.717) is 5.41 Å². The summed E-state index contributed by atoms with van der Waals surface area (Å²) in [6.07, 6.45) is 4.57. The van der Waals surface area contributed by atoms with Gasteiger partial charge in [-0.2, -0.15) is 0 Å². The molecule has 0 nitrogen and oxygen atoms in total. The lowest BCUT2D eigenvalue weighted by Gasteiger charge is -2.36. The monoisotopic (exact) mass is 164 g/mol. The average Bonchev–Trinajstić information content (AvgIpc) is 2.69. The van der Waals surface area contributed by atoms with Crippen LogP contribution in [0.1, 0.15) is 47.0 Å². The van der Waals surface area contributed by atoms with Gasteiger partial charge >= 0.3 is 0 Å². The Bertz CT molecular complexity index is 229. The summed E-state index contributed by atoms with van der Waals surface area (Å²) in [5.74, 6) is 2.12. The van der Waals surface area contributed by atoms with E-state index in [4.69, 9.17) is 0 Å². The van der Waals surface area contributed by atoms with Crippen LogP contribution in [0.15, 0.2) is 0 Å². The van der Waals surface area contributed by atoms with Crippen LogP contribution in [-0.2, 0) is 0 Å². The van der Waals surface area contributed by atoms with Gasteiger partial charge in [0.05, 0.1) is 0 Å². The van der Waals surface area contributed by atoms with E-state index in [-0.39, 0.29) is 0 Å². The zero-order valence-corrected chi connectivity index (χ0v) is 8.78. The fourth-order valence-electron chi connectivity index (χ4n) is 4.69. The molecule has 0 saturated heterocycles. The van der Waals surface area contributed by atoms with Crippen LogP contribution in [0, 0.1) is 28.1 Å². The predicted molar refractivity (Wildman–Crippen MR) is 50.8 cm³/mol. The van der Waals surface area contributed by atoms with E-state index in [1.807, 2.05) is 0 Å². The van der Waals surface area contributed by atoms with E-state index in [0.717, 1.165) is 22.7 Å². The molecule has 0 heterocycles. The SMILES string of the molecule is CC12CC1C(C)(C)C1CC1(C)C2. The average molecular weight is 164 g/mol. The molecule has 3 rings (SSSR count). The second-order valence-corrected chi connectivity index (χ2v) is 6.82. The highest BCUT2D eigenvalue weighted by Crippen LogP contribution is 2.81. The van der Waals surface area contributed by atoms with Gasteiger partial charge in [-0.15, -0.1) is 0 Å². The van der Waals surface area contributed by atoms with E-state index in [1.54, 1.807) is 0 Å². The van der Waals surface area contributed by atoms with Crippen molar-refractivity contribution < 1.29 is 0 Å². The highest BCUT2D eigenvalue weighted by atomic mass is 14.8. The van der Waals surface area contributed by atoms with Crippen molar-refractivity contribution in [2.24, 2.45) is 28.1 Å². The molecule has 0 radical (unpaired) electrons. The van der Waals surface area contributed by atoms with Gasteiger partial charge in [0.1, 0.15) is 0 Å². The van der Waals surface area contributed by atoms with Gasteiger partial charge in [0, 0.05) is 0 Å². The third kappa shape index (κ3) is 0.625. The fourth-order valence-corrected chi connectivity index (χ4v) is 4.69. The maximum atomic E-state index is 2.51. The number of rotatable bonds is 0. The van der Waals surface area contributed by atoms with Crippen LogP contribution in [-0.4, -0.2) is 0 Å². The second-order valence-electron chi connectivity index (χ2n) is 6.82. The molecule has 3 fully saturated rings. The Morgan fingerprint density at radius 1 is 0.833 bits per heavy atom. The van der Waals surface area contributed by atoms with Crippen molar-refractivity contribution >= 4 is 0 Å². The Morgan fingerprint density at radius 2 is 1.25 bits per heavy atom. The van der Waals surface area contributed by atoms with Gasteiger partial charge in [-0.1, -0.05) is 27.7 Å². The third-order valence-electron chi connectivity index (χ3n) is 5.31. The maximum Gasteiger partial charge on any atom is -0.0284 e. The minimum absolute atomic E-state index is 0.668. The summed E-state index contributed by atoms with van der Waals surface area (Å²) in [7, 11) is 0. The van der Waals surface area contributed by atoms with E-state index < -0.39 is 0 Å². The summed E-state index contributed by atoms with van der Waals surface area (Å²) in [6, 6.07) is 0. The molecule has 0 bridgehead atoms. The molecule has 3 aliphatic rings. The Labute approximate surface area is 75.7 Å². The summed E-state index contributed by atoms with van der Waals surface area (Å²) in [4.78, 5) is 0. The fraction of sp³-hybridized carbons (Fsp3) is 1.00. The second kappa shape index (κ2) is 1.51. The van der Waals surface area contributed by atoms with Crippen molar-refractivity contribution in [1.82, 2.24) is 0 Å². The molecule has 4 unspecified atom stereocenters. The van der Waals surface area contributed by atoms with Crippen molar-refractivity contribution in [3.8, 4) is 0 Å². The molecule has 68 valence electrons. The maximum absolute atomic E-state index is 2.51. The molecule has 0 heteroatoms. The largest absolute Gasteiger partial charge is 0.0593 e. The molecule has 0 aromatic rings. The van der Waals surface area contributed by atoms with Gasteiger partial charge in [0.25, 0.3) is 0 Å². The minimum atomic E-state index is 0.668. The molecule has 0 spiro atoms. The Kier molecular flexibility index (Phi) is 0.932. The first-order valence-corrected chi connectivity index (χ1v) is 5.39. The number of hydrogen-bond donors (Lipinski definition) is 0. The van der Waals surface area contributed by atoms with E-state index >= 15 is 0 Å². The lowest BCUT2D eigenvalue weighted by atomic mass is 9.69. The van der Waals surface area contributed by atoms with Crippen LogP contribution in [0.3, 0.4) is 0 Å². The molecule has 0 N–H and O–H groups in total. The molecule has 0 amide bonds. The zero-order chi connectivity index (χ0) is 8.78. The molecule has 12 heavy (non-hydrogen) atoms. The molecule has 4 atom stereocenters. The quantitative estimate of drug-likeness (QED) is 0.514. The van der Waals surface area contributed by atoms with Gasteiger partial charge in [0.15, 0.2) is 0 Å². The van der Waals surface area contributed by atoms with Crippen LogP contribution in [0.2, 0.25) is 0 Å². The van der Waals surface area contributed by atoms with Gasteiger partial charge in [-0.05, 0) is 47.3 Å². The summed E-state index contributed by atoms with van der Waals surface area (Å²) >= 11 is 0. The first-order chi connectivity index (χ1) is 5.39. The molecule has 3 saturated carbocycles. The number of fused-ring (bicyclic) bond motifs is 2. The zero-order valence-electron chi connectivity index (χ0n) is 8.78. The highest BCUT2D eigenvalue weighted by molar-refractivity contribution is 5.22. The molecular formula is C12H20. The van der Waals surface area contributed by atoms with Crippen molar-refractivity contribution in [3.63, 3.8) is 0 Å². The van der Waals surface area contributed by atoms with Crippen LogP contribution in [0.4, 0.5) is 0 Å². The van der Waals surface area contributed by atoms with Crippen molar-refractivity contribution in [2.75, 3.05) is 0 Å². The summed E-state index contributed by atoms with van der Waals surface area (Å²) in [5.41, 5.74) is 2.18. The van der Waals surface area contributed by atoms with Crippen molar-refractivity contribution in [3.05, 3.63) is 0 Å². The van der Waals surface area contributed by atoms with Crippen LogP contribution in [0.5, 0.6) is 0 Å². The Morgan fingerprint density at radius 3 is 1.67 bits per heavy atom. The Hall–Kier alpha value is 0. The van der Waals surface area contributed by atoms with Gasteiger partial charge in [-0.25, -0.2) is 0 Å². The Balaban J connectivity index is 1.99. The third-order valence-corrected chi connectivity index (χ3v) is 5.31. The molecule has 0 aromatic carbocycles. The van der Waals surface area contributed by atoms with Gasteiger partial charge in [0.2, 0.25) is 0 Å². The van der Waals surface area contributed by atoms with Crippen molar-refractivity contribution in [2.45, 2.75) is 47.0 Å². The molecular weight excluding hydrogens is 144 g/mol. The minimum Gasteiger partial charge on any atom is -0.0593 e. The molecule has 3 aliphatic carbocycles. The normalized spacial score (nSPS) is 65.0. The first kappa shape index (κ1) is 7.41. The summed E-state index contributed by atoms with van der Waals surface area (Å²) in [6.45, 7) is 10.0. The van der Waals surface area contributed by atoms with Crippen molar-refractivity contribution in [1.29, 1.82) is 0 Å². The molecule has 0 aliphatic heterocycles. The smallest absolute Gasteiger partial charge is 0.0284 e. The summed E-state index contributed by atoms with van der Waals surface area (Å²) in [5, 5.41) is 0. The van der Waals surface area contributed by atoms with Gasteiger partial charge in [-0.3, -0.25) is 0 Å². The standard InChI is InChI=1S/C12H20/c1-10(2)8-5-11(8,3)7-12(4)6-9(10)12/h8-9H,5-7H2,1-4H3. The van der Waals surface area contributed by atoms with Gasteiger partial charge < -0.3 is 0 Å². The van der Waals surface area contributed by atoms with E-state index in [9.17, 15) is 0 Å². The molecule has 0 aromatic heterocycles. The summed E-state index contributed by atoms with van der Waals surface area (Å²) < 4.78 is 0. The lowest BCUT2D eigenvalue weighted by molar-refractivity contribution is 0.123. The highest BCUT2D eigenvalue weighted by Gasteiger charge is 2.73. The van der Waals surface area contributed by atoms with E-state index in [1.165, 1.54) is 19.3 Å². The van der Waals surface area contributed by atoms with Crippen LogP contribution < -0.4 is 0 Å². The van der Waals surface area contributed by atoms with E-state index in [2.05, 4.69) is 27.7 Å². The van der Waals surface area contributed by atoms with Crippen LogP contribution in [0.25, 0.3) is 0 Å². The lowest BCUT2D eigenvalue weighted by Crippen LogP contribution is -2.29. The van der Waals surface area contributed by atoms with Crippen LogP contribution >= 0.6 is 0 Å². The topological polar surface area (TPSA) is 0 Å². The number of hydrogen-bond acceptors (Lipinski definition) is 0. The first-order valence-electron chi connectivity index (χ1n) is 5.39. The predicted octanol–water partition coefficient (Wildman–Crippen LogP) is 3.47.